The Morgan fingerprint density at radius 1 is 1.31 bits per heavy atom. The van der Waals surface area contributed by atoms with Crippen LogP contribution in [0, 0.1) is 4.77 Å². The molecule has 0 fully saturated rings. The van der Waals surface area contributed by atoms with Crippen LogP contribution in [0.5, 0.6) is 5.75 Å². The number of rotatable bonds is 3. The van der Waals surface area contributed by atoms with Crippen molar-refractivity contribution in [2.75, 3.05) is 7.11 Å². The lowest BCUT2D eigenvalue weighted by atomic mass is 10.1. The molecular weight excluding hydrogens is 224 g/mol. The molecule has 16 heavy (non-hydrogen) atoms. The highest BCUT2D eigenvalue weighted by Crippen LogP contribution is 2.19. The predicted molar refractivity (Wildman–Crippen MR) is 62.8 cm³/mol. The highest BCUT2D eigenvalue weighted by atomic mass is 32.1. The van der Waals surface area contributed by atoms with Gasteiger partial charge in [0.05, 0.1) is 13.2 Å². The maximum absolute atomic E-state index is 6.02. The van der Waals surface area contributed by atoms with Crippen LogP contribution in [0.25, 0.3) is 0 Å². The van der Waals surface area contributed by atoms with Gasteiger partial charge in [-0.2, -0.15) is 0 Å². The SMILES string of the molecule is COc1ccc(C(N)c2nc(=S)[nH][nH]2)cc1. The highest BCUT2D eigenvalue weighted by molar-refractivity contribution is 7.71. The standard InChI is InChI=1S/C10H12N4OS/c1-15-7-4-2-6(3-5-7)8(11)9-12-10(16)14-13-9/h2-5,8H,11H2,1H3,(H2,12,13,14,16). The Labute approximate surface area is 97.6 Å². The van der Waals surface area contributed by atoms with Crippen molar-refractivity contribution in [3.05, 3.63) is 40.4 Å². The van der Waals surface area contributed by atoms with E-state index in [1.165, 1.54) is 0 Å². The number of ether oxygens (including phenoxy) is 1. The number of nitrogens with two attached hydrogens (primary N) is 1. The minimum atomic E-state index is -0.321. The summed E-state index contributed by atoms with van der Waals surface area (Å²) in [5.74, 6) is 1.42. The molecule has 0 spiro atoms. The summed E-state index contributed by atoms with van der Waals surface area (Å²) in [6.07, 6.45) is 0. The van der Waals surface area contributed by atoms with Crippen LogP contribution in [0.15, 0.2) is 24.3 Å². The van der Waals surface area contributed by atoms with Crippen LogP contribution >= 0.6 is 12.2 Å². The summed E-state index contributed by atoms with van der Waals surface area (Å²) in [6, 6.07) is 7.19. The highest BCUT2D eigenvalue weighted by Gasteiger charge is 2.11. The van der Waals surface area contributed by atoms with Crippen LogP contribution < -0.4 is 10.5 Å². The van der Waals surface area contributed by atoms with E-state index in [0.717, 1.165) is 11.3 Å². The van der Waals surface area contributed by atoms with Gasteiger partial charge in [0, 0.05) is 0 Å². The number of H-pyrrole nitrogens is 2. The molecule has 0 saturated heterocycles. The molecule has 2 rings (SSSR count). The molecule has 1 unspecified atom stereocenters. The van der Waals surface area contributed by atoms with Crippen molar-refractivity contribution >= 4 is 12.2 Å². The van der Waals surface area contributed by atoms with Crippen molar-refractivity contribution in [1.29, 1.82) is 0 Å². The van der Waals surface area contributed by atoms with Crippen LogP contribution in [-0.2, 0) is 0 Å². The van der Waals surface area contributed by atoms with Gasteiger partial charge in [-0.3, -0.25) is 10.2 Å². The zero-order chi connectivity index (χ0) is 11.5. The van der Waals surface area contributed by atoms with Crippen molar-refractivity contribution in [1.82, 2.24) is 15.2 Å². The number of nitrogens with zero attached hydrogens (tertiary/aromatic N) is 1. The molecule has 0 amide bonds. The minimum absolute atomic E-state index is 0.321. The second-order valence-electron chi connectivity index (χ2n) is 3.30. The molecule has 0 radical (unpaired) electrons. The third-order valence-corrected chi connectivity index (χ3v) is 2.48. The third kappa shape index (κ3) is 2.12. The molecule has 6 heteroatoms. The maximum Gasteiger partial charge on any atom is 0.213 e. The molecule has 2 aromatic rings. The van der Waals surface area contributed by atoms with Crippen molar-refractivity contribution < 1.29 is 4.74 Å². The summed E-state index contributed by atoms with van der Waals surface area (Å²) in [7, 11) is 1.62. The Bertz CT molecular complexity index is 516. The van der Waals surface area contributed by atoms with Gasteiger partial charge in [0.25, 0.3) is 0 Å². The largest absolute Gasteiger partial charge is 0.497 e. The lowest BCUT2D eigenvalue weighted by molar-refractivity contribution is 0.414. The number of benzene rings is 1. The van der Waals surface area contributed by atoms with Crippen molar-refractivity contribution in [2.45, 2.75) is 6.04 Å². The molecule has 0 saturated carbocycles. The summed E-state index contributed by atoms with van der Waals surface area (Å²) in [5.41, 5.74) is 6.96. The van der Waals surface area contributed by atoms with Crippen LogP contribution in [0.1, 0.15) is 17.4 Å². The van der Waals surface area contributed by atoms with E-state index in [0.29, 0.717) is 10.6 Å². The fourth-order valence-electron chi connectivity index (χ4n) is 1.40. The van der Waals surface area contributed by atoms with E-state index in [1.807, 2.05) is 24.3 Å². The van der Waals surface area contributed by atoms with Crippen LogP contribution in [0.2, 0.25) is 0 Å². The van der Waals surface area contributed by atoms with Crippen molar-refractivity contribution in [3.8, 4) is 5.75 Å². The summed E-state index contributed by atoms with van der Waals surface area (Å²) >= 11 is 4.87. The van der Waals surface area contributed by atoms with Gasteiger partial charge in [-0.25, -0.2) is 4.98 Å². The molecule has 1 aromatic heterocycles. The Balaban J connectivity index is 2.26. The molecule has 4 N–H and O–H groups in total. The van der Waals surface area contributed by atoms with Gasteiger partial charge in [-0.1, -0.05) is 12.1 Å². The molecular formula is C10H12N4OS. The van der Waals surface area contributed by atoms with E-state index in [9.17, 15) is 0 Å². The van der Waals surface area contributed by atoms with Crippen LogP contribution in [0.3, 0.4) is 0 Å². The van der Waals surface area contributed by atoms with Gasteiger partial charge in [-0.05, 0) is 29.9 Å². The first-order valence-corrected chi connectivity index (χ1v) is 5.15. The Morgan fingerprint density at radius 3 is 2.50 bits per heavy atom. The number of aromatic amines is 2. The zero-order valence-corrected chi connectivity index (χ0v) is 9.54. The quantitative estimate of drug-likeness (QED) is 0.706. The number of methoxy groups -OCH3 is 1. The van der Waals surface area contributed by atoms with E-state index in [2.05, 4.69) is 15.2 Å². The van der Waals surface area contributed by atoms with Gasteiger partial charge in [-0.15, -0.1) is 0 Å². The minimum Gasteiger partial charge on any atom is -0.497 e. The van der Waals surface area contributed by atoms with E-state index in [1.54, 1.807) is 7.11 Å². The molecule has 0 aliphatic heterocycles. The smallest absolute Gasteiger partial charge is 0.213 e. The first kappa shape index (κ1) is 10.8. The maximum atomic E-state index is 6.02. The second-order valence-corrected chi connectivity index (χ2v) is 3.69. The Morgan fingerprint density at radius 2 is 2.00 bits per heavy atom. The van der Waals surface area contributed by atoms with Gasteiger partial charge in [0.1, 0.15) is 11.6 Å². The zero-order valence-electron chi connectivity index (χ0n) is 8.73. The number of nitrogens with one attached hydrogen (secondary N) is 2. The fraction of sp³-hybridized carbons (Fsp3) is 0.200. The molecule has 0 bridgehead atoms. The van der Waals surface area contributed by atoms with Crippen molar-refractivity contribution in [3.63, 3.8) is 0 Å². The van der Waals surface area contributed by atoms with E-state index in [-0.39, 0.29) is 6.04 Å². The number of aromatic nitrogens is 3. The first-order chi connectivity index (χ1) is 7.70. The average molecular weight is 236 g/mol. The van der Waals surface area contributed by atoms with Gasteiger partial charge in [0.2, 0.25) is 4.77 Å². The van der Waals surface area contributed by atoms with Gasteiger partial charge in [0.15, 0.2) is 0 Å². The molecule has 1 atom stereocenters. The first-order valence-electron chi connectivity index (χ1n) is 4.75. The van der Waals surface area contributed by atoms with E-state index < -0.39 is 0 Å². The van der Waals surface area contributed by atoms with Gasteiger partial charge < -0.3 is 10.5 Å². The topological polar surface area (TPSA) is 79.7 Å². The van der Waals surface area contributed by atoms with Gasteiger partial charge >= 0.3 is 0 Å². The molecule has 84 valence electrons. The molecule has 5 nitrogen and oxygen atoms in total. The fourth-order valence-corrected chi connectivity index (χ4v) is 1.55. The van der Waals surface area contributed by atoms with Crippen molar-refractivity contribution in [2.24, 2.45) is 5.73 Å². The number of hydrogen-bond donors (Lipinski definition) is 3. The molecule has 0 aliphatic rings. The summed E-state index contributed by atoms with van der Waals surface area (Å²) < 4.78 is 5.47. The van der Waals surface area contributed by atoms with Crippen LogP contribution in [0.4, 0.5) is 0 Å². The van der Waals surface area contributed by atoms with Crippen LogP contribution in [-0.4, -0.2) is 22.3 Å². The number of hydrogen-bond acceptors (Lipinski definition) is 4. The second kappa shape index (κ2) is 4.46. The average Bonchev–Trinajstić information content (AvgIpc) is 2.75. The lowest BCUT2D eigenvalue weighted by Gasteiger charge is -2.09. The molecule has 1 heterocycles. The monoisotopic (exact) mass is 236 g/mol. The Kier molecular flexibility index (Phi) is 3.02. The van der Waals surface area contributed by atoms with E-state index in [4.69, 9.17) is 22.7 Å². The lowest BCUT2D eigenvalue weighted by Crippen LogP contribution is -2.13. The normalized spacial score (nSPS) is 12.4. The van der Waals surface area contributed by atoms with E-state index >= 15 is 0 Å². The Hall–Kier alpha value is -1.66. The molecule has 1 aromatic carbocycles. The predicted octanol–water partition coefficient (Wildman–Crippen LogP) is 1.52. The summed E-state index contributed by atoms with van der Waals surface area (Å²) in [5, 5.41) is 5.55. The summed E-state index contributed by atoms with van der Waals surface area (Å²) in [4.78, 5) is 4.08. The summed E-state index contributed by atoms with van der Waals surface area (Å²) in [6.45, 7) is 0. The molecule has 0 aliphatic carbocycles. The third-order valence-electron chi connectivity index (χ3n) is 2.29.